The van der Waals surface area contributed by atoms with Crippen LogP contribution in [-0.2, 0) is 6.42 Å². The van der Waals surface area contributed by atoms with Crippen LogP contribution in [0.5, 0.6) is 5.75 Å². The predicted octanol–water partition coefficient (Wildman–Crippen LogP) is 2.38. The molecule has 0 bridgehead atoms. The van der Waals surface area contributed by atoms with Crippen LogP contribution in [0.4, 0.5) is 0 Å². The molecule has 2 rings (SSSR count). The lowest BCUT2D eigenvalue weighted by Gasteiger charge is -2.29. The quantitative estimate of drug-likeness (QED) is 0.756. The summed E-state index contributed by atoms with van der Waals surface area (Å²) in [6.07, 6.45) is 4.60. The van der Waals surface area contributed by atoms with Gasteiger partial charge >= 0.3 is 0 Å². The van der Waals surface area contributed by atoms with Crippen LogP contribution in [0, 0.1) is 5.92 Å². The highest BCUT2D eigenvalue weighted by Crippen LogP contribution is 2.28. The van der Waals surface area contributed by atoms with E-state index in [4.69, 9.17) is 4.74 Å². The van der Waals surface area contributed by atoms with Gasteiger partial charge in [0.2, 0.25) is 0 Å². The highest BCUT2D eigenvalue weighted by Gasteiger charge is 2.27. The first kappa shape index (κ1) is 14.4. The highest BCUT2D eigenvalue weighted by atomic mass is 16.5. The minimum Gasteiger partial charge on any atom is -0.497 e. The van der Waals surface area contributed by atoms with Gasteiger partial charge in [-0.05, 0) is 62.8 Å². The first-order valence-electron chi connectivity index (χ1n) is 7.14. The zero-order chi connectivity index (χ0) is 13.7. The highest BCUT2D eigenvalue weighted by molar-refractivity contribution is 5.27. The van der Waals surface area contributed by atoms with Crippen LogP contribution in [0.2, 0.25) is 0 Å². The largest absolute Gasteiger partial charge is 0.497 e. The fourth-order valence-electron chi connectivity index (χ4n) is 2.15. The van der Waals surface area contributed by atoms with Crippen molar-refractivity contribution in [3.05, 3.63) is 29.8 Å². The molecule has 19 heavy (non-hydrogen) atoms. The molecule has 0 amide bonds. The molecule has 1 fully saturated rings. The summed E-state index contributed by atoms with van der Waals surface area (Å²) in [5.41, 5.74) is 1.12. The average Bonchev–Trinajstić information content (AvgIpc) is 3.28. The summed E-state index contributed by atoms with van der Waals surface area (Å²) in [5.74, 6) is 1.73. The number of aryl methyl sites for hydroxylation is 1. The number of hydrogen-bond acceptors (Lipinski definition) is 3. The number of methoxy groups -OCH3 is 1. The number of nitrogens with one attached hydrogen (secondary N) is 1. The normalized spacial score (nSPS) is 18.1. The lowest BCUT2D eigenvalue weighted by molar-refractivity contribution is 0.164. The van der Waals surface area contributed by atoms with E-state index in [1.165, 1.54) is 18.4 Å². The van der Waals surface area contributed by atoms with E-state index in [1.54, 1.807) is 7.11 Å². The summed E-state index contributed by atoms with van der Waals surface area (Å²) in [6, 6.07) is 8.17. The van der Waals surface area contributed by atoms with Crippen molar-refractivity contribution in [3.63, 3.8) is 0 Å². The first-order valence-corrected chi connectivity index (χ1v) is 7.14. The standard InChI is InChI=1S/C16H25NO2/c1-16(12-18,17-11-14-3-4-14)10-9-13-5-7-15(19-2)8-6-13/h5-8,14,17-18H,3-4,9-12H2,1-2H3. The summed E-state index contributed by atoms with van der Waals surface area (Å²) in [4.78, 5) is 0. The molecule has 0 spiro atoms. The molecule has 1 aromatic rings. The van der Waals surface area contributed by atoms with Crippen LogP contribution in [0.15, 0.2) is 24.3 Å². The summed E-state index contributed by atoms with van der Waals surface area (Å²) < 4.78 is 5.16. The maximum atomic E-state index is 9.60. The Balaban J connectivity index is 1.82. The summed E-state index contributed by atoms with van der Waals surface area (Å²) in [6.45, 7) is 3.34. The molecule has 0 heterocycles. The monoisotopic (exact) mass is 263 g/mol. The Morgan fingerprint density at radius 2 is 2.00 bits per heavy atom. The second-order valence-electron chi connectivity index (χ2n) is 5.89. The third kappa shape index (κ3) is 4.51. The van der Waals surface area contributed by atoms with E-state index in [9.17, 15) is 5.11 Å². The Hall–Kier alpha value is -1.06. The number of rotatable bonds is 8. The van der Waals surface area contributed by atoms with Crippen molar-refractivity contribution in [2.75, 3.05) is 20.3 Å². The molecule has 0 radical (unpaired) electrons. The van der Waals surface area contributed by atoms with Crippen molar-refractivity contribution in [2.45, 2.75) is 38.1 Å². The average molecular weight is 263 g/mol. The zero-order valence-corrected chi connectivity index (χ0v) is 12.0. The van der Waals surface area contributed by atoms with Crippen LogP contribution < -0.4 is 10.1 Å². The van der Waals surface area contributed by atoms with Gasteiger partial charge in [0.1, 0.15) is 5.75 Å². The van der Waals surface area contributed by atoms with E-state index in [0.29, 0.717) is 0 Å². The van der Waals surface area contributed by atoms with Gasteiger partial charge in [0.05, 0.1) is 13.7 Å². The predicted molar refractivity (Wildman–Crippen MR) is 77.5 cm³/mol. The topological polar surface area (TPSA) is 41.5 Å². The van der Waals surface area contributed by atoms with Crippen LogP contribution in [0.1, 0.15) is 31.7 Å². The van der Waals surface area contributed by atoms with Crippen molar-refractivity contribution in [1.82, 2.24) is 5.32 Å². The summed E-state index contributed by atoms with van der Waals surface area (Å²) >= 11 is 0. The SMILES string of the molecule is COc1ccc(CCC(C)(CO)NCC2CC2)cc1. The maximum Gasteiger partial charge on any atom is 0.118 e. The number of aliphatic hydroxyl groups is 1. The van der Waals surface area contributed by atoms with Crippen molar-refractivity contribution in [1.29, 1.82) is 0 Å². The Morgan fingerprint density at radius 3 is 2.53 bits per heavy atom. The van der Waals surface area contributed by atoms with Gasteiger partial charge in [-0.1, -0.05) is 12.1 Å². The van der Waals surface area contributed by atoms with Crippen molar-refractivity contribution in [2.24, 2.45) is 5.92 Å². The molecule has 0 aromatic heterocycles. The molecular weight excluding hydrogens is 238 g/mol. The van der Waals surface area contributed by atoms with Gasteiger partial charge in [0.25, 0.3) is 0 Å². The number of aliphatic hydroxyl groups excluding tert-OH is 1. The smallest absolute Gasteiger partial charge is 0.118 e. The van der Waals surface area contributed by atoms with Crippen LogP contribution >= 0.6 is 0 Å². The molecule has 0 saturated heterocycles. The minimum atomic E-state index is -0.164. The molecule has 1 aliphatic carbocycles. The van der Waals surface area contributed by atoms with Crippen molar-refractivity contribution < 1.29 is 9.84 Å². The van der Waals surface area contributed by atoms with Crippen molar-refractivity contribution >= 4 is 0 Å². The van der Waals surface area contributed by atoms with E-state index >= 15 is 0 Å². The van der Waals surface area contributed by atoms with Gasteiger partial charge in [-0.15, -0.1) is 0 Å². The third-order valence-electron chi connectivity index (χ3n) is 3.99. The van der Waals surface area contributed by atoms with Crippen LogP contribution in [0.3, 0.4) is 0 Å². The number of ether oxygens (including phenoxy) is 1. The molecule has 1 unspecified atom stereocenters. The Kier molecular flexibility index (Phi) is 4.83. The molecule has 3 nitrogen and oxygen atoms in total. The third-order valence-corrected chi connectivity index (χ3v) is 3.99. The summed E-state index contributed by atoms with van der Waals surface area (Å²) in [7, 11) is 1.68. The van der Waals surface area contributed by atoms with Gasteiger partial charge in [-0.25, -0.2) is 0 Å². The molecule has 1 aliphatic rings. The Bertz CT molecular complexity index is 386. The second-order valence-corrected chi connectivity index (χ2v) is 5.89. The number of benzene rings is 1. The first-order chi connectivity index (χ1) is 9.15. The molecule has 1 atom stereocenters. The Labute approximate surface area is 116 Å². The molecule has 2 N–H and O–H groups in total. The van der Waals surface area contributed by atoms with Gasteiger partial charge < -0.3 is 15.2 Å². The number of hydrogen-bond donors (Lipinski definition) is 2. The van der Waals surface area contributed by atoms with Gasteiger partial charge in [0, 0.05) is 5.54 Å². The molecule has 1 saturated carbocycles. The second kappa shape index (κ2) is 6.40. The lowest BCUT2D eigenvalue weighted by atomic mass is 9.93. The van der Waals surface area contributed by atoms with Crippen molar-refractivity contribution in [3.8, 4) is 5.75 Å². The molecule has 106 valence electrons. The molecule has 0 aliphatic heterocycles. The zero-order valence-electron chi connectivity index (χ0n) is 12.0. The van der Waals surface area contributed by atoms with E-state index in [-0.39, 0.29) is 12.1 Å². The van der Waals surface area contributed by atoms with Crippen LogP contribution in [0.25, 0.3) is 0 Å². The summed E-state index contributed by atoms with van der Waals surface area (Å²) in [5, 5.41) is 13.1. The minimum absolute atomic E-state index is 0.164. The maximum absolute atomic E-state index is 9.60. The van der Waals surface area contributed by atoms with Gasteiger partial charge in [-0.3, -0.25) is 0 Å². The Morgan fingerprint density at radius 1 is 1.32 bits per heavy atom. The van der Waals surface area contributed by atoms with Gasteiger partial charge in [0.15, 0.2) is 0 Å². The fraction of sp³-hybridized carbons (Fsp3) is 0.625. The molecule has 1 aromatic carbocycles. The van der Waals surface area contributed by atoms with Crippen LogP contribution in [-0.4, -0.2) is 30.9 Å². The molecular formula is C16H25NO2. The van der Waals surface area contributed by atoms with E-state index in [2.05, 4.69) is 24.4 Å². The van der Waals surface area contributed by atoms with E-state index in [1.807, 2.05) is 12.1 Å². The fourth-order valence-corrected chi connectivity index (χ4v) is 2.15. The van der Waals surface area contributed by atoms with E-state index in [0.717, 1.165) is 31.1 Å². The lowest BCUT2D eigenvalue weighted by Crippen LogP contribution is -2.47. The molecule has 3 heteroatoms. The van der Waals surface area contributed by atoms with Gasteiger partial charge in [-0.2, -0.15) is 0 Å². The van der Waals surface area contributed by atoms with E-state index < -0.39 is 0 Å².